The summed E-state index contributed by atoms with van der Waals surface area (Å²) < 4.78 is 0. The van der Waals surface area contributed by atoms with Crippen LogP contribution in [0.4, 0.5) is 5.82 Å². The Kier molecular flexibility index (Phi) is 4.09. The third kappa shape index (κ3) is 2.48. The molecule has 0 amide bonds. The van der Waals surface area contributed by atoms with E-state index in [1.807, 2.05) is 12.3 Å². The van der Waals surface area contributed by atoms with E-state index >= 15 is 0 Å². The highest BCUT2D eigenvalue weighted by atomic mass is 15.2. The summed E-state index contributed by atoms with van der Waals surface area (Å²) in [6.45, 7) is 10.1. The number of aromatic nitrogens is 1. The molecule has 0 radical (unpaired) electrons. The topological polar surface area (TPSA) is 42.2 Å². The molecule has 0 fully saturated rings. The molecule has 0 aliphatic heterocycles. The monoisotopic (exact) mass is 207 g/mol. The summed E-state index contributed by atoms with van der Waals surface area (Å²) in [6, 6.07) is 2.47. The summed E-state index contributed by atoms with van der Waals surface area (Å²) in [5.41, 5.74) is 8.16. The van der Waals surface area contributed by atoms with Crippen molar-refractivity contribution in [1.29, 1.82) is 0 Å². The van der Waals surface area contributed by atoms with Gasteiger partial charge in [0.2, 0.25) is 0 Å². The van der Waals surface area contributed by atoms with Crippen LogP contribution in [0.25, 0.3) is 0 Å². The second-order valence-corrected chi connectivity index (χ2v) is 4.01. The number of nitrogens with two attached hydrogens (primary N) is 1. The molecule has 0 unspecified atom stereocenters. The van der Waals surface area contributed by atoms with Crippen molar-refractivity contribution in [3.63, 3.8) is 0 Å². The minimum atomic E-state index is 0.453. The third-order valence-corrected chi connectivity index (χ3v) is 2.71. The van der Waals surface area contributed by atoms with Gasteiger partial charge in [0.1, 0.15) is 5.82 Å². The summed E-state index contributed by atoms with van der Waals surface area (Å²) in [6.07, 6.45) is 1.86. The van der Waals surface area contributed by atoms with Crippen molar-refractivity contribution in [3.8, 4) is 0 Å². The fourth-order valence-corrected chi connectivity index (χ4v) is 1.83. The molecule has 3 heteroatoms. The molecule has 0 aliphatic rings. The summed E-state index contributed by atoms with van der Waals surface area (Å²) in [5, 5.41) is 0. The lowest BCUT2D eigenvalue weighted by molar-refractivity contribution is 0.687. The maximum absolute atomic E-state index is 5.78. The maximum Gasteiger partial charge on any atom is 0.133 e. The summed E-state index contributed by atoms with van der Waals surface area (Å²) >= 11 is 0. The van der Waals surface area contributed by atoms with Crippen LogP contribution in [0.3, 0.4) is 0 Å². The fraction of sp³-hybridized carbons (Fsp3) is 0.583. The number of nitrogens with zero attached hydrogens (tertiary/aromatic N) is 2. The molecule has 1 heterocycles. The van der Waals surface area contributed by atoms with E-state index in [1.165, 1.54) is 5.56 Å². The number of anilines is 1. The first kappa shape index (κ1) is 12.0. The van der Waals surface area contributed by atoms with Crippen molar-refractivity contribution in [2.45, 2.75) is 40.3 Å². The first-order chi connectivity index (χ1) is 7.11. The minimum absolute atomic E-state index is 0.453. The average molecular weight is 207 g/mol. The highest BCUT2D eigenvalue weighted by Gasteiger charge is 2.14. The predicted molar refractivity (Wildman–Crippen MR) is 65.0 cm³/mol. The second-order valence-electron chi connectivity index (χ2n) is 4.01. The van der Waals surface area contributed by atoms with E-state index < -0.39 is 0 Å². The Labute approximate surface area is 92.3 Å². The van der Waals surface area contributed by atoms with Gasteiger partial charge >= 0.3 is 0 Å². The molecule has 1 aromatic heterocycles. The molecule has 1 rings (SSSR count). The largest absolute Gasteiger partial charge is 0.354 e. The molecule has 0 aromatic carbocycles. The van der Waals surface area contributed by atoms with Gasteiger partial charge in [-0.05, 0) is 39.3 Å². The van der Waals surface area contributed by atoms with Crippen LogP contribution in [0.5, 0.6) is 0 Å². The second kappa shape index (κ2) is 5.12. The van der Waals surface area contributed by atoms with Crippen LogP contribution in [-0.2, 0) is 6.54 Å². The van der Waals surface area contributed by atoms with E-state index in [2.05, 4.69) is 37.6 Å². The van der Waals surface area contributed by atoms with Crippen LogP contribution in [0.2, 0.25) is 0 Å². The Morgan fingerprint density at radius 1 is 1.47 bits per heavy atom. The van der Waals surface area contributed by atoms with Gasteiger partial charge in [0.25, 0.3) is 0 Å². The first-order valence-electron chi connectivity index (χ1n) is 5.53. The number of pyridine rings is 1. The number of hydrogen-bond acceptors (Lipinski definition) is 3. The van der Waals surface area contributed by atoms with Crippen LogP contribution in [0.15, 0.2) is 12.3 Å². The van der Waals surface area contributed by atoms with Crippen LogP contribution in [0, 0.1) is 6.92 Å². The zero-order chi connectivity index (χ0) is 11.4. The van der Waals surface area contributed by atoms with E-state index in [9.17, 15) is 0 Å². The Morgan fingerprint density at radius 3 is 2.60 bits per heavy atom. The summed E-state index contributed by atoms with van der Waals surface area (Å²) in [7, 11) is 0. The molecule has 0 bridgehead atoms. The highest BCUT2D eigenvalue weighted by molar-refractivity contribution is 5.50. The van der Waals surface area contributed by atoms with Crippen molar-refractivity contribution in [3.05, 3.63) is 23.4 Å². The third-order valence-electron chi connectivity index (χ3n) is 2.71. The number of aryl methyl sites for hydroxylation is 1. The van der Waals surface area contributed by atoms with Crippen LogP contribution < -0.4 is 10.6 Å². The van der Waals surface area contributed by atoms with Gasteiger partial charge in [-0.1, -0.05) is 0 Å². The number of rotatable bonds is 4. The van der Waals surface area contributed by atoms with E-state index in [4.69, 9.17) is 5.73 Å². The Bertz CT molecular complexity index is 321. The Hall–Kier alpha value is -1.09. The van der Waals surface area contributed by atoms with Gasteiger partial charge < -0.3 is 10.6 Å². The van der Waals surface area contributed by atoms with Crippen molar-refractivity contribution in [2.24, 2.45) is 5.73 Å². The van der Waals surface area contributed by atoms with Gasteiger partial charge in [0.05, 0.1) is 0 Å². The van der Waals surface area contributed by atoms with Crippen LogP contribution >= 0.6 is 0 Å². The molecule has 1 aromatic rings. The maximum atomic E-state index is 5.78. The lowest BCUT2D eigenvalue weighted by atomic mass is 10.1. The van der Waals surface area contributed by atoms with Crippen molar-refractivity contribution in [1.82, 2.24) is 4.98 Å². The molecule has 0 spiro atoms. The predicted octanol–water partition coefficient (Wildman–Crippen LogP) is 2.08. The van der Waals surface area contributed by atoms with Crippen molar-refractivity contribution >= 4 is 5.82 Å². The van der Waals surface area contributed by atoms with E-state index in [1.54, 1.807) is 0 Å². The highest BCUT2D eigenvalue weighted by Crippen LogP contribution is 2.21. The van der Waals surface area contributed by atoms with Crippen LogP contribution in [0.1, 0.15) is 31.9 Å². The zero-order valence-electron chi connectivity index (χ0n) is 10.1. The zero-order valence-corrected chi connectivity index (χ0v) is 10.1. The van der Waals surface area contributed by atoms with Gasteiger partial charge in [-0.2, -0.15) is 0 Å². The van der Waals surface area contributed by atoms with Crippen molar-refractivity contribution < 1.29 is 0 Å². The minimum Gasteiger partial charge on any atom is -0.354 e. The van der Waals surface area contributed by atoms with Gasteiger partial charge in [-0.15, -0.1) is 0 Å². The molecule has 0 saturated carbocycles. The summed E-state index contributed by atoms with van der Waals surface area (Å²) in [4.78, 5) is 6.72. The molecule has 15 heavy (non-hydrogen) atoms. The lowest BCUT2D eigenvalue weighted by Crippen LogP contribution is -2.32. The van der Waals surface area contributed by atoms with Gasteiger partial charge in [-0.3, -0.25) is 0 Å². The van der Waals surface area contributed by atoms with E-state index in [0.29, 0.717) is 12.6 Å². The average Bonchev–Trinajstić information content (AvgIpc) is 2.18. The lowest BCUT2D eigenvalue weighted by Gasteiger charge is -2.28. The first-order valence-corrected chi connectivity index (χ1v) is 5.53. The normalized spacial score (nSPS) is 10.8. The Morgan fingerprint density at radius 2 is 2.13 bits per heavy atom. The van der Waals surface area contributed by atoms with Gasteiger partial charge in [0, 0.05) is 30.9 Å². The molecular formula is C12H21N3. The van der Waals surface area contributed by atoms with Crippen molar-refractivity contribution in [2.75, 3.05) is 11.4 Å². The molecule has 2 N–H and O–H groups in total. The van der Waals surface area contributed by atoms with E-state index in [0.717, 1.165) is 17.9 Å². The standard InChI is InChI=1S/C12H21N3/c1-5-15(9(2)3)12-11(8-13)10(4)6-7-14-12/h6-7,9H,5,8,13H2,1-4H3. The van der Waals surface area contributed by atoms with Gasteiger partial charge in [0.15, 0.2) is 0 Å². The molecule has 0 saturated heterocycles. The SMILES string of the molecule is CCN(c1nccc(C)c1CN)C(C)C. The molecule has 0 atom stereocenters. The fourth-order valence-electron chi connectivity index (χ4n) is 1.83. The molecular weight excluding hydrogens is 186 g/mol. The molecule has 3 nitrogen and oxygen atoms in total. The Balaban J connectivity index is 3.16. The quantitative estimate of drug-likeness (QED) is 0.822. The number of hydrogen-bond donors (Lipinski definition) is 1. The van der Waals surface area contributed by atoms with Crippen LogP contribution in [-0.4, -0.2) is 17.6 Å². The summed E-state index contributed by atoms with van der Waals surface area (Å²) in [5.74, 6) is 1.04. The smallest absolute Gasteiger partial charge is 0.133 e. The van der Waals surface area contributed by atoms with Gasteiger partial charge in [-0.25, -0.2) is 4.98 Å². The molecule has 84 valence electrons. The van der Waals surface area contributed by atoms with E-state index in [-0.39, 0.29) is 0 Å². The molecule has 0 aliphatic carbocycles.